The summed E-state index contributed by atoms with van der Waals surface area (Å²) in [4.78, 5) is 13.1. The van der Waals surface area contributed by atoms with Crippen LogP contribution in [-0.4, -0.2) is 5.78 Å². The summed E-state index contributed by atoms with van der Waals surface area (Å²) in [6.07, 6.45) is 0.0464. The molecule has 30 heavy (non-hydrogen) atoms. The molecule has 0 amide bonds. The topological polar surface area (TPSA) is 76.7 Å². The highest BCUT2D eigenvalue weighted by Gasteiger charge is 2.52. The molecular weight excluding hydrogens is 394 g/mol. The van der Waals surface area contributed by atoms with Crippen LogP contribution < -0.4 is 5.32 Å². The zero-order valence-electron chi connectivity index (χ0n) is 16.0. The maximum Gasteiger partial charge on any atom is 0.175 e. The molecule has 1 aliphatic rings. The first-order valence-corrected chi connectivity index (χ1v) is 9.98. The Hall–Kier alpha value is -3.60. The van der Waals surface area contributed by atoms with Gasteiger partial charge in [-0.2, -0.15) is 10.5 Å². The summed E-state index contributed by atoms with van der Waals surface area (Å²) in [6, 6.07) is 27.7. The lowest BCUT2D eigenvalue weighted by Gasteiger charge is -2.42. The van der Waals surface area contributed by atoms with Crippen LogP contribution in [0, 0.1) is 28.1 Å². The predicted molar refractivity (Wildman–Crippen MR) is 116 cm³/mol. The molecule has 0 saturated carbocycles. The fourth-order valence-corrected chi connectivity index (χ4v) is 4.29. The van der Waals surface area contributed by atoms with E-state index in [-0.39, 0.29) is 12.2 Å². The summed E-state index contributed by atoms with van der Waals surface area (Å²) in [5.74, 6) is -0.714. The SMILES string of the molecule is N#CC1(C#N)[C@H](CC(=O)c2ccc(Cl)cc2)c2ccccc2N[C@H]1c1ccccc1. The van der Waals surface area contributed by atoms with Crippen molar-refractivity contribution >= 4 is 23.1 Å². The molecule has 1 heterocycles. The molecule has 0 spiro atoms. The van der Waals surface area contributed by atoms with Crippen molar-refractivity contribution in [1.82, 2.24) is 0 Å². The van der Waals surface area contributed by atoms with Gasteiger partial charge in [0.05, 0.1) is 18.2 Å². The van der Waals surface area contributed by atoms with E-state index in [9.17, 15) is 15.3 Å². The minimum Gasteiger partial charge on any atom is -0.375 e. The summed E-state index contributed by atoms with van der Waals surface area (Å²) in [5.41, 5.74) is 1.53. The number of hydrogen-bond acceptors (Lipinski definition) is 4. The Morgan fingerprint density at radius 3 is 2.23 bits per heavy atom. The second kappa shape index (κ2) is 8.03. The molecule has 1 N–H and O–H groups in total. The van der Waals surface area contributed by atoms with E-state index < -0.39 is 17.4 Å². The molecule has 0 fully saturated rings. The standard InChI is InChI=1S/C25H18ClN3O/c26-19-12-10-17(11-13-19)23(30)14-21-20-8-4-5-9-22(20)29-24(25(21,15-27)16-28)18-6-2-1-3-7-18/h1-13,21,24,29H,14H2/t21-,24+/m1/s1. The number of rotatable bonds is 4. The number of Topliss-reactive ketones (excluding diaryl/α,β-unsaturated/α-hetero) is 1. The van der Waals surface area contributed by atoms with Crippen LogP contribution in [0.5, 0.6) is 0 Å². The minimum atomic E-state index is -1.45. The lowest BCUT2D eigenvalue weighted by atomic mass is 9.63. The first-order chi connectivity index (χ1) is 14.6. The maximum absolute atomic E-state index is 13.1. The lowest BCUT2D eigenvalue weighted by Crippen LogP contribution is -2.42. The molecule has 5 heteroatoms. The summed E-state index contributed by atoms with van der Waals surface area (Å²) in [7, 11) is 0. The highest BCUT2D eigenvalue weighted by Crippen LogP contribution is 2.54. The van der Waals surface area contributed by atoms with Gasteiger partial charge in [-0.25, -0.2) is 0 Å². The monoisotopic (exact) mass is 411 g/mol. The van der Waals surface area contributed by atoms with E-state index in [4.69, 9.17) is 11.6 Å². The number of carbonyl (C=O) groups is 1. The number of anilines is 1. The smallest absolute Gasteiger partial charge is 0.175 e. The van der Waals surface area contributed by atoms with E-state index >= 15 is 0 Å². The molecule has 0 unspecified atom stereocenters. The van der Waals surface area contributed by atoms with Gasteiger partial charge in [0.25, 0.3) is 0 Å². The molecule has 0 aliphatic carbocycles. The molecule has 0 bridgehead atoms. The van der Waals surface area contributed by atoms with E-state index in [1.165, 1.54) is 0 Å². The average molecular weight is 412 g/mol. The van der Waals surface area contributed by atoms with Crippen molar-refractivity contribution in [2.75, 3.05) is 5.32 Å². The zero-order valence-corrected chi connectivity index (χ0v) is 16.8. The Morgan fingerprint density at radius 1 is 0.933 bits per heavy atom. The van der Waals surface area contributed by atoms with Crippen LogP contribution in [0.25, 0.3) is 0 Å². The number of nitrogens with zero attached hydrogens (tertiary/aromatic N) is 2. The molecule has 0 aromatic heterocycles. The molecule has 4 nitrogen and oxygen atoms in total. The van der Waals surface area contributed by atoms with E-state index in [1.807, 2.05) is 54.6 Å². The predicted octanol–water partition coefficient (Wildman–Crippen LogP) is 5.90. The summed E-state index contributed by atoms with van der Waals surface area (Å²) in [6.45, 7) is 0. The number of nitrogens with one attached hydrogen (secondary N) is 1. The normalized spacial score (nSPS) is 18.9. The van der Waals surface area contributed by atoms with E-state index in [2.05, 4.69) is 17.5 Å². The number of carbonyl (C=O) groups excluding carboxylic acids is 1. The molecule has 3 aromatic rings. The van der Waals surface area contributed by atoms with Crippen LogP contribution in [-0.2, 0) is 0 Å². The fraction of sp³-hybridized carbons (Fsp3) is 0.160. The van der Waals surface area contributed by atoms with Crippen LogP contribution in [0.15, 0.2) is 78.9 Å². The van der Waals surface area contributed by atoms with Crippen LogP contribution in [0.4, 0.5) is 5.69 Å². The second-order valence-corrected chi connectivity index (χ2v) is 7.79. The molecule has 0 radical (unpaired) electrons. The third-order valence-corrected chi connectivity index (χ3v) is 5.95. The Bertz CT molecular complexity index is 1150. The van der Waals surface area contributed by atoms with Gasteiger partial charge in [0.15, 0.2) is 11.2 Å². The lowest BCUT2D eigenvalue weighted by molar-refractivity contribution is 0.0957. The Morgan fingerprint density at radius 2 is 1.57 bits per heavy atom. The third kappa shape index (κ3) is 3.32. The minimum absolute atomic E-state index is 0.0464. The fourth-order valence-electron chi connectivity index (χ4n) is 4.16. The van der Waals surface area contributed by atoms with Crippen molar-refractivity contribution in [2.45, 2.75) is 18.4 Å². The van der Waals surface area contributed by atoms with E-state index in [0.29, 0.717) is 10.6 Å². The highest BCUT2D eigenvalue weighted by molar-refractivity contribution is 6.30. The Balaban J connectivity index is 1.83. The quantitative estimate of drug-likeness (QED) is 0.542. The third-order valence-electron chi connectivity index (χ3n) is 5.70. The van der Waals surface area contributed by atoms with Crippen molar-refractivity contribution in [3.05, 3.63) is 101 Å². The largest absolute Gasteiger partial charge is 0.375 e. The maximum atomic E-state index is 13.1. The first kappa shape index (κ1) is 19.7. The van der Waals surface area contributed by atoms with Crippen molar-refractivity contribution in [3.63, 3.8) is 0 Å². The molecule has 2 atom stereocenters. The van der Waals surface area contributed by atoms with Gasteiger partial charge in [-0.3, -0.25) is 4.79 Å². The molecule has 0 saturated heterocycles. The van der Waals surface area contributed by atoms with Crippen molar-refractivity contribution in [2.24, 2.45) is 5.41 Å². The second-order valence-electron chi connectivity index (χ2n) is 7.35. The molecule has 4 rings (SSSR count). The summed E-state index contributed by atoms with van der Waals surface area (Å²) in [5, 5.41) is 24.4. The van der Waals surface area contributed by atoms with E-state index in [0.717, 1.165) is 16.8 Å². The van der Waals surface area contributed by atoms with Gasteiger partial charge >= 0.3 is 0 Å². The highest BCUT2D eigenvalue weighted by atomic mass is 35.5. The van der Waals surface area contributed by atoms with Gasteiger partial charge in [0.1, 0.15) is 0 Å². The van der Waals surface area contributed by atoms with Gasteiger partial charge in [-0.15, -0.1) is 0 Å². The van der Waals surface area contributed by atoms with Gasteiger partial charge in [0.2, 0.25) is 0 Å². The molecule has 146 valence electrons. The zero-order chi connectivity index (χ0) is 21.1. The number of nitriles is 2. The number of fused-ring (bicyclic) bond motifs is 1. The average Bonchev–Trinajstić information content (AvgIpc) is 2.80. The van der Waals surface area contributed by atoms with Gasteiger partial charge in [-0.05, 0) is 41.5 Å². The Kier molecular flexibility index (Phi) is 5.27. The van der Waals surface area contributed by atoms with Crippen LogP contribution >= 0.6 is 11.6 Å². The summed E-state index contributed by atoms with van der Waals surface area (Å²) < 4.78 is 0. The molecule has 3 aromatic carbocycles. The number of hydrogen-bond donors (Lipinski definition) is 1. The van der Waals surface area contributed by atoms with Crippen molar-refractivity contribution < 1.29 is 4.79 Å². The summed E-state index contributed by atoms with van der Waals surface area (Å²) >= 11 is 5.95. The Labute approximate surface area is 180 Å². The number of para-hydroxylation sites is 1. The first-order valence-electron chi connectivity index (χ1n) is 9.60. The van der Waals surface area contributed by atoms with Gasteiger partial charge in [-0.1, -0.05) is 60.1 Å². The number of halogens is 1. The van der Waals surface area contributed by atoms with Crippen LogP contribution in [0.3, 0.4) is 0 Å². The van der Waals surface area contributed by atoms with Crippen molar-refractivity contribution in [1.29, 1.82) is 10.5 Å². The van der Waals surface area contributed by atoms with Crippen LogP contribution in [0.2, 0.25) is 5.02 Å². The van der Waals surface area contributed by atoms with Crippen molar-refractivity contribution in [3.8, 4) is 12.1 Å². The molecule has 1 aliphatic heterocycles. The number of benzene rings is 3. The molecular formula is C25H18ClN3O. The van der Waals surface area contributed by atoms with Gasteiger partial charge < -0.3 is 5.32 Å². The van der Waals surface area contributed by atoms with Crippen LogP contribution in [0.1, 0.15) is 39.9 Å². The number of ketones is 1. The van der Waals surface area contributed by atoms with Gasteiger partial charge in [0, 0.05) is 28.6 Å². The van der Waals surface area contributed by atoms with E-state index in [1.54, 1.807) is 24.3 Å².